The first-order valence-corrected chi connectivity index (χ1v) is 30.1. The predicted molar refractivity (Wildman–Crippen MR) is 347 cm³/mol. The van der Waals surface area contributed by atoms with Crippen LogP contribution in [0.1, 0.15) is 157 Å². The molecule has 0 saturated heterocycles. The van der Waals surface area contributed by atoms with Crippen LogP contribution in [0.25, 0.3) is 43.5 Å². The normalized spacial score (nSPS) is 14.6. The zero-order valence-corrected chi connectivity index (χ0v) is 50.1. The highest BCUT2D eigenvalue weighted by molar-refractivity contribution is 7.33. The lowest BCUT2D eigenvalue weighted by Crippen LogP contribution is -2.60. The van der Waals surface area contributed by atoms with Gasteiger partial charge in [-0.25, -0.2) is 0 Å². The van der Waals surface area contributed by atoms with E-state index in [-0.39, 0.29) is 23.0 Å². The number of aryl methyl sites for hydroxylation is 1. The van der Waals surface area contributed by atoms with Crippen molar-refractivity contribution in [2.75, 3.05) is 9.80 Å². The molecule has 0 atom stereocenters. The molecule has 4 aliphatic rings. The zero-order valence-electron chi connectivity index (χ0n) is 49.3. The van der Waals surface area contributed by atoms with Gasteiger partial charge in [-0.1, -0.05) is 211 Å². The average Bonchev–Trinajstić information content (AvgIpc) is 4.23. The molecule has 2 nitrogen and oxygen atoms in total. The number of hydrogen-bond acceptors (Lipinski definition) is 3. The van der Waals surface area contributed by atoms with E-state index in [0.717, 1.165) is 0 Å². The van der Waals surface area contributed by atoms with E-state index >= 15 is 0 Å². The van der Waals surface area contributed by atoms with Gasteiger partial charge in [-0.3, -0.25) is 0 Å². The van der Waals surface area contributed by atoms with Crippen molar-refractivity contribution in [1.82, 2.24) is 0 Å². The van der Waals surface area contributed by atoms with Crippen molar-refractivity contribution < 1.29 is 0 Å². The molecule has 0 unspecified atom stereocenters. The molecule has 396 valence electrons. The van der Waals surface area contributed by atoms with Crippen molar-refractivity contribution in [3.05, 3.63) is 232 Å². The lowest BCUT2D eigenvalue weighted by Gasteiger charge is -2.43. The highest BCUT2D eigenvalue weighted by atomic mass is 32.1. The van der Waals surface area contributed by atoms with Gasteiger partial charge >= 0.3 is 0 Å². The van der Waals surface area contributed by atoms with E-state index in [1.807, 2.05) is 11.3 Å². The van der Waals surface area contributed by atoms with Gasteiger partial charge in [0, 0.05) is 43.3 Å². The summed E-state index contributed by atoms with van der Waals surface area (Å²) in [5.41, 5.74) is 31.2. The van der Waals surface area contributed by atoms with E-state index in [0.29, 0.717) is 11.8 Å². The van der Waals surface area contributed by atoms with Gasteiger partial charge in [-0.15, -0.1) is 11.3 Å². The number of rotatable bonds is 5. The van der Waals surface area contributed by atoms with Crippen LogP contribution in [-0.2, 0) is 21.7 Å². The minimum Gasteiger partial charge on any atom is -0.311 e. The summed E-state index contributed by atoms with van der Waals surface area (Å²) < 4.78 is 2.72. The SMILES string of the molecule is Cc1cc2c3c(c1)N(c1ccc(C(C)(C)C)cc1)c1c(sc4cc5c(cc14)-c1ccc(C(C)C)cc1C51c4ccccc4-c4ccccc41)B3c1ccc(-c3c(C(C)(C)C)cccc3C(C)(C)C)cc1N2c1ccc(C(C)C)cc1. The van der Waals surface area contributed by atoms with E-state index < -0.39 is 5.41 Å². The minimum atomic E-state index is -0.453. The molecule has 0 N–H and O–H groups in total. The van der Waals surface area contributed by atoms with E-state index in [4.69, 9.17) is 0 Å². The summed E-state index contributed by atoms with van der Waals surface area (Å²) >= 11 is 2.02. The summed E-state index contributed by atoms with van der Waals surface area (Å²) in [4.78, 5) is 5.29. The molecule has 4 heteroatoms. The lowest BCUT2D eigenvalue weighted by molar-refractivity contribution is 0.572. The quantitative estimate of drug-likeness (QED) is 0.159. The first kappa shape index (κ1) is 50.8. The second-order valence-electron chi connectivity index (χ2n) is 27.4. The number of anilines is 6. The Morgan fingerprint density at radius 3 is 1.61 bits per heavy atom. The molecule has 1 spiro atoms. The van der Waals surface area contributed by atoms with E-state index in [2.05, 4.69) is 283 Å². The Kier molecular flexibility index (Phi) is 11.1. The standard InChI is InChI=1S/C76H73BN2S/c1-44(2)47-26-32-51(33-27-47)78-65-41-49(69-60(74(9,10)11)24-19-25-61(69)75(12,13)14)29-37-64(65)77-70-66(78)38-46(5)39-67(70)79(52-34-30-50(31-35-52)73(6,7)8)71-57-42-56-55-36-28-48(45(3)4)40-62(55)76(63(56)43-68(57)80-72(71)77)58-22-17-15-20-53(58)54-21-16-18-23-59(54)76/h15-45H,1-14H3. The van der Waals surface area contributed by atoms with Crippen LogP contribution in [0.15, 0.2) is 176 Å². The lowest BCUT2D eigenvalue weighted by atomic mass is 9.36. The second kappa shape index (κ2) is 17.6. The maximum absolute atomic E-state index is 2.66. The Bertz CT molecular complexity index is 4130. The fourth-order valence-electron chi connectivity index (χ4n) is 14.6. The van der Waals surface area contributed by atoms with Gasteiger partial charge in [0.1, 0.15) is 0 Å². The monoisotopic (exact) mass is 1060 g/mol. The van der Waals surface area contributed by atoms with Gasteiger partial charge in [0.2, 0.25) is 0 Å². The summed E-state index contributed by atoms with van der Waals surface area (Å²) in [5.74, 6) is 0.823. The number of nitrogens with zero attached hydrogens (tertiary/aromatic N) is 2. The first-order chi connectivity index (χ1) is 38.1. The maximum Gasteiger partial charge on any atom is 0.264 e. The van der Waals surface area contributed by atoms with Crippen molar-refractivity contribution in [3.63, 3.8) is 0 Å². The summed E-state index contributed by atoms with van der Waals surface area (Å²) in [5, 5.41) is 1.31. The molecule has 0 saturated carbocycles. The Labute approximate surface area is 480 Å². The Morgan fingerprint density at radius 2 is 1.01 bits per heavy atom. The fourth-order valence-corrected chi connectivity index (χ4v) is 15.9. The third-order valence-electron chi connectivity index (χ3n) is 18.5. The molecule has 1 aromatic heterocycles. The molecule has 0 fully saturated rings. The molecule has 14 rings (SSSR count). The zero-order chi connectivity index (χ0) is 55.7. The van der Waals surface area contributed by atoms with Gasteiger partial charge in [-0.2, -0.15) is 0 Å². The van der Waals surface area contributed by atoms with Gasteiger partial charge < -0.3 is 9.80 Å². The minimum absolute atomic E-state index is 0.0142. The molecule has 3 heterocycles. The van der Waals surface area contributed by atoms with Gasteiger partial charge in [-0.05, 0) is 190 Å². The number of fused-ring (bicyclic) bond motifs is 16. The molecular formula is C76H73BN2S. The third-order valence-corrected chi connectivity index (χ3v) is 19.7. The molecule has 0 bridgehead atoms. The predicted octanol–water partition coefficient (Wildman–Crippen LogP) is 19.4. The summed E-state index contributed by atoms with van der Waals surface area (Å²) in [7, 11) is 0. The number of thiophene rings is 1. The number of hydrogen-bond donors (Lipinski definition) is 0. The van der Waals surface area contributed by atoms with Gasteiger partial charge in [0.15, 0.2) is 0 Å². The van der Waals surface area contributed by atoms with Crippen LogP contribution in [0.4, 0.5) is 34.1 Å². The maximum atomic E-state index is 2.66. The molecule has 0 amide bonds. The topological polar surface area (TPSA) is 6.48 Å². The Hall–Kier alpha value is -7.40. The van der Waals surface area contributed by atoms with Crippen LogP contribution in [0.5, 0.6) is 0 Å². The molecule has 9 aromatic carbocycles. The molecule has 2 aliphatic heterocycles. The second-order valence-corrected chi connectivity index (χ2v) is 28.5. The van der Waals surface area contributed by atoms with Crippen molar-refractivity contribution >= 4 is 78.0 Å². The van der Waals surface area contributed by atoms with Crippen molar-refractivity contribution in [1.29, 1.82) is 0 Å². The van der Waals surface area contributed by atoms with Crippen LogP contribution < -0.4 is 25.5 Å². The van der Waals surface area contributed by atoms with Gasteiger partial charge in [0.25, 0.3) is 6.71 Å². The van der Waals surface area contributed by atoms with E-state index in [1.54, 1.807) is 0 Å². The highest BCUT2D eigenvalue weighted by Crippen LogP contribution is 2.64. The third kappa shape index (κ3) is 7.29. The van der Waals surface area contributed by atoms with Crippen LogP contribution in [-0.4, -0.2) is 6.71 Å². The van der Waals surface area contributed by atoms with E-state index in [1.165, 1.54) is 149 Å². The van der Waals surface area contributed by atoms with Crippen LogP contribution in [0.3, 0.4) is 0 Å². The fraction of sp³-hybridized carbons (Fsp3) is 0.263. The van der Waals surface area contributed by atoms with Crippen LogP contribution in [0, 0.1) is 6.92 Å². The van der Waals surface area contributed by atoms with Crippen molar-refractivity contribution in [2.24, 2.45) is 0 Å². The Morgan fingerprint density at radius 1 is 0.463 bits per heavy atom. The first-order valence-electron chi connectivity index (χ1n) is 29.3. The summed E-state index contributed by atoms with van der Waals surface area (Å²) in [6, 6.07) is 69.8. The van der Waals surface area contributed by atoms with Crippen molar-refractivity contribution in [2.45, 2.75) is 130 Å². The van der Waals surface area contributed by atoms with Gasteiger partial charge in [0.05, 0.1) is 11.1 Å². The molecule has 2 aliphatic carbocycles. The molecule has 80 heavy (non-hydrogen) atoms. The Balaban J connectivity index is 1.09. The summed E-state index contributed by atoms with van der Waals surface area (Å²) in [6.07, 6.45) is 0. The molecule has 10 aromatic rings. The van der Waals surface area contributed by atoms with Crippen LogP contribution in [0.2, 0.25) is 0 Å². The van der Waals surface area contributed by atoms with Crippen LogP contribution >= 0.6 is 11.3 Å². The average molecular weight is 1060 g/mol. The summed E-state index contributed by atoms with van der Waals surface area (Å²) in [6.45, 7) is 32.7. The molecular weight excluding hydrogens is 984 g/mol. The molecule has 0 radical (unpaired) electrons. The smallest absolute Gasteiger partial charge is 0.264 e. The number of benzene rings is 9. The van der Waals surface area contributed by atoms with E-state index in [9.17, 15) is 0 Å². The van der Waals surface area contributed by atoms with Crippen molar-refractivity contribution in [3.8, 4) is 33.4 Å². The highest BCUT2D eigenvalue weighted by Gasteiger charge is 2.53. The largest absolute Gasteiger partial charge is 0.311 e.